The van der Waals surface area contributed by atoms with E-state index in [0.29, 0.717) is 11.4 Å². The first-order valence-corrected chi connectivity index (χ1v) is 17.1. The molecule has 6 heteroatoms. The number of fused-ring (bicyclic) bond motifs is 12. The first-order valence-electron chi connectivity index (χ1n) is 16.3. The maximum absolute atomic E-state index is 7.60. The normalized spacial score (nSPS) is 12.0. The molecule has 0 aliphatic rings. The van der Waals surface area contributed by atoms with Crippen LogP contribution in [0.2, 0.25) is 0 Å². The standard InChI is InChI=1S/C44H22N4OS/c1-45-25-11-15-38-31(19-25)32-20-26(46-2)12-16-39(32)47(38)27-13-17-41-34(21-27)35-22-28(14-18-42(35)49-41)48-37-9-5-3-7-29(37)33-23-36-30-8-4-6-10-43(30)50-44(36)24-40(33)48/h3-24H. The maximum Gasteiger partial charge on any atom is 0.188 e. The fourth-order valence-corrected chi connectivity index (χ4v) is 9.03. The first kappa shape index (κ1) is 27.1. The summed E-state index contributed by atoms with van der Waals surface area (Å²) in [5.74, 6) is 0. The topological polar surface area (TPSA) is 31.7 Å². The molecule has 0 saturated heterocycles. The molecule has 0 unspecified atom stereocenters. The van der Waals surface area contributed by atoms with Gasteiger partial charge in [0.2, 0.25) is 0 Å². The second-order valence-electron chi connectivity index (χ2n) is 12.7. The number of hydrogen-bond donors (Lipinski definition) is 0. The highest BCUT2D eigenvalue weighted by Gasteiger charge is 2.19. The van der Waals surface area contributed by atoms with E-state index in [-0.39, 0.29) is 0 Å². The minimum atomic E-state index is 0.576. The van der Waals surface area contributed by atoms with Gasteiger partial charge in [0.1, 0.15) is 11.2 Å². The molecule has 230 valence electrons. The SMILES string of the molecule is [C-]#[N+]c1ccc2c(c1)c1cc([N+]#[C-])ccc1n2-c1ccc2oc3ccc(-n4c5ccccc5c5cc6c(cc54)sc4ccccc46)cc3c2c1. The van der Waals surface area contributed by atoms with E-state index in [1.54, 1.807) is 0 Å². The van der Waals surface area contributed by atoms with E-state index in [2.05, 4.69) is 110 Å². The van der Waals surface area contributed by atoms with Gasteiger partial charge in [-0.25, -0.2) is 9.69 Å². The van der Waals surface area contributed by atoms with Crippen LogP contribution in [0.25, 0.3) is 107 Å². The fraction of sp³-hybridized carbons (Fsp3) is 0. The number of aromatic nitrogens is 2. The van der Waals surface area contributed by atoms with Gasteiger partial charge in [0.05, 0.1) is 35.2 Å². The van der Waals surface area contributed by atoms with E-state index < -0.39 is 0 Å². The number of furan rings is 1. The molecule has 7 aromatic carbocycles. The van der Waals surface area contributed by atoms with E-state index in [1.165, 1.54) is 42.0 Å². The Hall–Kier alpha value is -6.86. The molecule has 0 amide bonds. The quantitative estimate of drug-likeness (QED) is 0.171. The molecule has 0 atom stereocenters. The summed E-state index contributed by atoms with van der Waals surface area (Å²) in [6.45, 7) is 15.2. The highest BCUT2D eigenvalue weighted by Crippen LogP contribution is 2.42. The van der Waals surface area contributed by atoms with Crippen LogP contribution in [0.5, 0.6) is 0 Å². The number of hydrogen-bond acceptors (Lipinski definition) is 2. The number of para-hydroxylation sites is 1. The molecule has 5 nitrogen and oxygen atoms in total. The molecule has 11 aromatic rings. The predicted octanol–water partition coefficient (Wildman–Crippen LogP) is 13.2. The van der Waals surface area contributed by atoms with Gasteiger partial charge in [-0.05, 0) is 95.7 Å². The maximum atomic E-state index is 7.60. The summed E-state index contributed by atoms with van der Waals surface area (Å²) in [6, 6.07) is 46.4. The number of rotatable bonds is 2. The van der Waals surface area contributed by atoms with E-state index in [9.17, 15) is 0 Å². The molecular weight excluding hydrogens is 633 g/mol. The van der Waals surface area contributed by atoms with Crippen LogP contribution in [-0.2, 0) is 0 Å². The molecule has 0 saturated carbocycles. The zero-order valence-electron chi connectivity index (χ0n) is 26.3. The lowest BCUT2D eigenvalue weighted by molar-refractivity contribution is 0.669. The molecule has 11 rings (SSSR count). The van der Waals surface area contributed by atoms with Crippen LogP contribution in [0, 0.1) is 13.1 Å². The lowest BCUT2D eigenvalue weighted by Crippen LogP contribution is -1.94. The Kier molecular flexibility index (Phi) is 5.34. The van der Waals surface area contributed by atoms with Gasteiger partial charge in [-0.1, -0.05) is 48.5 Å². The van der Waals surface area contributed by atoms with Crippen molar-refractivity contribution in [3.8, 4) is 11.4 Å². The van der Waals surface area contributed by atoms with Crippen molar-refractivity contribution in [2.24, 2.45) is 0 Å². The number of benzene rings is 7. The zero-order valence-corrected chi connectivity index (χ0v) is 27.1. The van der Waals surface area contributed by atoms with Gasteiger partial charge in [-0.3, -0.25) is 0 Å². The summed E-state index contributed by atoms with van der Waals surface area (Å²) < 4.78 is 13.6. The van der Waals surface area contributed by atoms with Crippen LogP contribution in [0.3, 0.4) is 0 Å². The summed E-state index contributed by atoms with van der Waals surface area (Å²) in [4.78, 5) is 7.36. The van der Waals surface area contributed by atoms with Crippen molar-refractivity contribution in [1.29, 1.82) is 0 Å². The molecule has 0 aliphatic carbocycles. The Morgan fingerprint density at radius 1 is 0.420 bits per heavy atom. The molecule has 50 heavy (non-hydrogen) atoms. The zero-order chi connectivity index (χ0) is 33.1. The number of nitrogens with zero attached hydrogens (tertiary/aromatic N) is 4. The second kappa shape index (κ2) is 9.84. The summed E-state index contributed by atoms with van der Waals surface area (Å²) in [5, 5.41) is 9.05. The summed E-state index contributed by atoms with van der Waals surface area (Å²) in [7, 11) is 0. The minimum Gasteiger partial charge on any atom is -0.456 e. The summed E-state index contributed by atoms with van der Waals surface area (Å²) in [6.07, 6.45) is 0. The molecular formula is C44H22N4OS. The minimum absolute atomic E-state index is 0.576. The van der Waals surface area contributed by atoms with Crippen LogP contribution in [0.4, 0.5) is 11.4 Å². The Balaban J connectivity index is 1.16. The van der Waals surface area contributed by atoms with E-state index in [0.717, 1.165) is 55.1 Å². The van der Waals surface area contributed by atoms with Crippen LogP contribution in [-0.4, -0.2) is 9.13 Å². The highest BCUT2D eigenvalue weighted by molar-refractivity contribution is 7.25. The van der Waals surface area contributed by atoms with Gasteiger partial charge in [-0.2, -0.15) is 0 Å². The molecule has 0 radical (unpaired) electrons. The average molecular weight is 655 g/mol. The van der Waals surface area contributed by atoms with Gasteiger partial charge in [-0.15, -0.1) is 11.3 Å². The van der Waals surface area contributed by atoms with Crippen molar-refractivity contribution in [1.82, 2.24) is 9.13 Å². The summed E-state index contributed by atoms with van der Waals surface area (Å²) >= 11 is 1.84. The van der Waals surface area contributed by atoms with Crippen LogP contribution in [0.15, 0.2) is 138 Å². The first-order chi connectivity index (χ1) is 24.7. The van der Waals surface area contributed by atoms with E-state index >= 15 is 0 Å². The largest absolute Gasteiger partial charge is 0.456 e. The molecule has 0 N–H and O–H groups in total. The second-order valence-corrected chi connectivity index (χ2v) is 13.8. The highest BCUT2D eigenvalue weighted by atomic mass is 32.1. The van der Waals surface area contributed by atoms with Crippen molar-refractivity contribution in [3.63, 3.8) is 0 Å². The Labute approximate surface area is 288 Å². The van der Waals surface area contributed by atoms with Gasteiger partial charge in [0.15, 0.2) is 11.4 Å². The Bertz CT molecular complexity index is 3290. The smallest absolute Gasteiger partial charge is 0.188 e. The van der Waals surface area contributed by atoms with Crippen molar-refractivity contribution < 1.29 is 4.42 Å². The van der Waals surface area contributed by atoms with Crippen LogP contribution < -0.4 is 0 Å². The lowest BCUT2D eigenvalue weighted by atomic mass is 10.1. The number of thiophene rings is 1. The molecule has 0 bridgehead atoms. The fourth-order valence-electron chi connectivity index (χ4n) is 7.91. The molecule has 4 aromatic heterocycles. The third kappa shape index (κ3) is 3.63. The average Bonchev–Trinajstić information content (AvgIpc) is 3.90. The third-order valence-electron chi connectivity index (χ3n) is 10.1. The van der Waals surface area contributed by atoms with Gasteiger partial charge < -0.3 is 13.6 Å². The predicted molar refractivity (Wildman–Crippen MR) is 208 cm³/mol. The van der Waals surface area contributed by atoms with Crippen molar-refractivity contribution in [2.45, 2.75) is 0 Å². The molecule has 0 spiro atoms. The molecule has 0 aliphatic heterocycles. The molecule has 0 fully saturated rings. The van der Waals surface area contributed by atoms with Gasteiger partial charge in [0, 0.05) is 53.1 Å². The summed E-state index contributed by atoms with van der Waals surface area (Å²) in [5.41, 5.74) is 9.19. The van der Waals surface area contributed by atoms with Crippen LogP contribution in [0.1, 0.15) is 0 Å². The van der Waals surface area contributed by atoms with E-state index in [4.69, 9.17) is 17.6 Å². The van der Waals surface area contributed by atoms with Crippen molar-refractivity contribution >= 4 is 108 Å². The van der Waals surface area contributed by atoms with Gasteiger partial charge in [0.25, 0.3) is 0 Å². The lowest BCUT2D eigenvalue weighted by Gasteiger charge is -2.09. The monoisotopic (exact) mass is 654 g/mol. The third-order valence-corrected chi connectivity index (χ3v) is 11.2. The van der Waals surface area contributed by atoms with Crippen molar-refractivity contribution in [3.05, 3.63) is 156 Å². The molecule has 4 heterocycles. The van der Waals surface area contributed by atoms with Crippen LogP contribution >= 0.6 is 11.3 Å². The van der Waals surface area contributed by atoms with Gasteiger partial charge >= 0.3 is 0 Å². The Morgan fingerprint density at radius 2 is 0.980 bits per heavy atom. The Morgan fingerprint density at radius 3 is 1.64 bits per heavy atom. The van der Waals surface area contributed by atoms with E-state index in [1.807, 2.05) is 53.8 Å². The van der Waals surface area contributed by atoms with Crippen molar-refractivity contribution in [2.75, 3.05) is 0 Å².